The Morgan fingerprint density at radius 1 is 1.19 bits per heavy atom. The summed E-state index contributed by atoms with van der Waals surface area (Å²) in [5, 5.41) is 0. The maximum absolute atomic E-state index is 12.4. The zero-order chi connectivity index (χ0) is 19.2. The SMILES string of the molecule is CCOc1ccc(CN2CCN(C(=O)C(N)CCS(C)(=O)=O)CC2)cc1. The molecule has 1 fully saturated rings. The van der Waals surface area contributed by atoms with Crippen molar-refractivity contribution >= 4 is 15.7 Å². The van der Waals surface area contributed by atoms with Gasteiger partial charge in [-0.05, 0) is 31.0 Å². The van der Waals surface area contributed by atoms with Crippen LogP contribution in [-0.4, -0.2) is 75.0 Å². The highest BCUT2D eigenvalue weighted by Gasteiger charge is 2.25. The molecule has 26 heavy (non-hydrogen) atoms. The fourth-order valence-corrected chi connectivity index (χ4v) is 3.62. The van der Waals surface area contributed by atoms with Gasteiger partial charge in [-0.2, -0.15) is 0 Å². The molecule has 2 rings (SSSR count). The van der Waals surface area contributed by atoms with E-state index in [1.807, 2.05) is 19.1 Å². The first-order valence-corrected chi connectivity index (χ1v) is 11.0. The van der Waals surface area contributed by atoms with Crippen LogP contribution < -0.4 is 10.5 Å². The molecule has 8 heteroatoms. The summed E-state index contributed by atoms with van der Waals surface area (Å²) in [4.78, 5) is 16.4. The van der Waals surface area contributed by atoms with Crippen LogP contribution in [0.4, 0.5) is 0 Å². The van der Waals surface area contributed by atoms with Gasteiger partial charge >= 0.3 is 0 Å². The second-order valence-corrected chi connectivity index (χ2v) is 8.96. The van der Waals surface area contributed by atoms with E-state index >= 15 is 0 Å². The van der Waals surface area contributed by atoms with Crippen molar-refractivity contribution in [1.29, 1.82) is 0 Å². The van der Waals surface area contributed by atoms with Gasteiger partial charge in [0.05, 0.1) is 18.4 Å². The molecule has 1 saturated heterocycles. The fourth-order valence-electron chi connectivity index (χ4n) is 2.94. The minimum Gasteiger partial charge on any atom is -0.494 e. The summed E-state index contributed by atoms with van der Waals surface area (Å²) in [7, 11) is -3.10. The minimum absolute atomic E-state index is 0.0579. The van der Waals surface area contributed by atoms with Crippen LogP contribution in [0.2, 0.25) is 0 Å². The second kappa shape index (κ2) is 9.34. The summed E-state index contributed by atoms with van der Waals surface area (Å²) in [6.45, 7) is 6.22. The number of amides is 1. The molecule has 1 aliphatic rings. The van der Waals surface area contributed by atoms with Crippen LogP contribution in [0.15, 0.2) is 24.3 Å². The topological polar surface area (TPSA) is 92.9 Å². The lowest BCUT2D eigenvalue weighted by Crippen LogP contribution is -2.53. The van der Waals surface area contributed by atoms with E-state index in [9.17, 15) is 13.2 Å². The Bertz CT molecular complexity index is 683. The van der Waals surface area contributed by atoms with Crippen LogP contribution in [-0.2, 0) is 21.2 Å². The third-order valence-electron chi connectivity index (χ3n) is 4.44. The molecule has 146 valence electrons. The Labute approximate surface area is 156 Å². The van der Waals surface area contributed by atoms with Gasteiger partial charge in [0.1, 0.15) is 15.6 Å². The smallest absolute Gasteiger partial charge is 0.239 e. The minimum atomic E-state index is -3.10. The molecule has 0 radical (unpaired) electrons. The van der Waals surface area contributed by atoms with Gasteiger partial charge in [-0.15, -0.1) is 0 Å². The van der Waals surface area contributed by atoms with Crippen LogP contribution >= 0.6 is 0 Å². The number of sulfone groups is 1. The van der Waals surface area contributed by atoms with Gasteiger partial charge in [0.15, 0.2) is 0 Å². The summed E-state index contributed by atoms with van der Waals surface area (Å²) in [5.74, 6) is 0.654. The van der Waals surface area contributed by atoms with E-state index in [-0.39, 0.29) is 18.1 Å². The molecule has 7 nitrogen and oxygen atoms in total. The molecular formula is C18H29N3O4S. The number of nitrogens with two attached hydrogens (primary N) is 1. The first-order valence-electron chi connectivity index (χ1n) is 8.94. The van der Waals surface area contributed by atoms with Crippen LogP contribution in [0.1, 0.15) is 18.9 Å². The highest BCUT2D eigenvalue weighted by Crippen LogP contribution is 2.15. The third-order valence-corrected chi connectivity index (χ3v) is 5.42. The molecule has 0 aromatic heterocycles. The predicted octanol–water partition coefficient (Wildman–Crippen LogP) is 0.492. The molecule has 1 aromatic rings. The monoisotopic (exact) mass is 383 g/mol. The molecule has 0 saturated carbocycles. The second-order valence-electron chi connectivity index (χ2n) is 6.70. The number of benzene rings is 1. The summed E-state index contributed by atoms with van der Waals surface area (Å²) < 4.78 is 27.9. The third kappa shape index (κ3) is 6.59. The van der Waals surface area contributed by atoms with E-state index in [1.54, 1.807) is 4.90 Å². The van der Waals surface area contributed by atoms with Gasteiger partial charge in [-0.25, -0.2) is 8.42 Å². The summed E-state index contributed by atoms with van der Waals surface area (Å²) >= 11 is 0. The number of carbonyl (C=O) groups excluding carboxylic acids is 1. The van der Waals surface area contributed by atoms with Crippen molar-refractivity contribution in [3.8, 4) is 5.75 Å². The lowest BCUT2D eigenvalue weighted by Gasteiger charge is -2.36. The van der Waals surface area contributed by atoms with Crippen molar-refractivity contribution < 1.29 is 17.9 Å². The first-order chi connectivity index (χ1) is 12.3. The van der Waals surface area contributed by atoms with Crippen molar-refractivity contribution in [1.82, 2.24) is 9.80 Å². The Morgan fingerprint density at radius 2 is 1.81 bits per heavy atom. The maximum atomic E-state index is 12.4. The van der Waals surface area contributed by atoms with Crippen molar-refractivity contribution in [2.75, 3.05) is 44.8 Å². The average molecular weight is 384 g/mol. The number of hydrogen-bond acceptors (Lipinski definition) is 6. The summed E-state index contributed by atoms with van der Waals surface area (Å²) in [5.41, 5.74) is 7.08. The molecule has 0 aliphatic carbocycles. The highest BCUT2D eigenvalue weighted by molar-refractivity contribution is 7.90. The summed E-state index contributed by atoms with van der Waals surface area (Å²) in [6, 6.07) is 7.31. The van der Waals surface area contributed by atoms with E-state index in [1.165, 1.54) is 5.56 Å². The van der Waals surface area contributed by atoms with Crippen molar-refractivity contribution in [2.24, 2.45) is 5.73 Å². The predicted molar refractivity (Wildman–Crippen MR) is 102 cm³/mol. The van der Waals surface area contributed by atoms with E-state index in [0.29, 0.717) is 19.7 Å². The molecule has 1 atom stereocenters. The lowest BCUT2D eigenvalue weighted by molar-refractivity contribution is -0.134. The lowest BCUT2D eigenvalue weighted by atomic mass is 10.1. The van der Waals surface area contributed by atoms with Gasteiger partial charge in [0, 0.05) is 39.0 Å². The number of ether oxygens (including phenoxy) is 1. The van der Waals surface area contributed by atoms with Gasteiger partial charge in [0.2, 0.25) is 5.91 Å². The van der Waals surface area contributed by atoms with Crippen LogP contribution in [0.3, 0.4) is 0 Å². The first kappa shape index (κ1) is 20.7. The quantitative estimate of drug-likeness (QED) is 0.702. The summed E-state index contributed by atoms with van der Waals surface area (Å²) in [6.07, 6.45) is 1.33. The number of carbonyl (C=O) groups is 1. The molecule has 2 N–H and O–H groups in total. The van der Waals surface area contributed by atoms with Crippen LogP contribution in [0.25, 0.3) is 0 Å². The molecular weight excluding hydrogens is 354 g/mol. The molecule has 1 aliphatic heterocycles. The Balaban J connectivity index is 1.78. The molecule has 1 heterocycles. The standard InChI is InChI=1S/C18H29N3O4S/c1-3-25-16-6-4-15(5-7-16)14-20-9-11-21(12-10-20)18(22)17(19)8-13-26(2,23)24/h4-7,17H,3,8-14,19H2,1-2H3. The van der Waals surface area contributed by atoms with Crippen LogP contribution in [0, 0.1) is 0 Å². The highest BCUT2D eigenvalue weighted by atomic mass is 32.2. The van der Waals surface area contributed by atoms with Crippen molar-refractivity contribution in [2.45, 2.75) is 25.9 Å². The largest absolute Gasteiger partial charge is 0.494 e. The van der Waals surface area contributed by atoms with Gasteiger partial charge in [-0.1, -0.05) is 12.1 Å². The number of hydrogen-bond donors (Lipinski definition) is 1. The van der Waals surface area contributed by atoms with Crippen molar-refractivity contribution in [3.05, 3.63) is 29.8 Å². The average Bonchev–Trinajstić information content (AvgIpc) is 2.61. The van der Waals surface area contributed by atoms with E-state index < -0.39 is 15.9 Å². The molecule has 0 spiro atoms. The zero-order valence-electron chi connectivity index (χ0n) is 15.6. The number of rotatable bonds is 8. The Hall–Kier alpha value is -1.64. The molecule has 0 bridgehead atoms. The van der Waals surface area contributed by atoms with Crippen LogP contribution in [0.5, 0.6) is 5.75 Å². The van der Waals surface area contributed by atoms with E-state index in [2.05, 4.69) is 17.0 Å². The normalized spacial score (nSPS) is 17.1. The van der Waals surface area contributed by atoms with E-state index in [4.69, 9.17) is 10.5 Å². The molecule has 1 amide bonds. The fraction of sp³-hybridized carbons (Fsp3) is 0.611. The van der Waals surface area contributed by atoms with Gasteiger partial charge in [0.25, 0.3) is 0 Å². The van der Waals surface area contributed by atoms with E-state index in [0.717, 1.165) is 31.6 Å². The van der Waals surface area contributed by atoms with Gasteiger partial charge in [-0.3, -0.25) is 9.69 Å². The molecule has 1 aromatic carbocycles. The Morgan fingerprint density at radius 3 is 2.35 bits per heavy atom. The Kier molecular flexibility index (Phi) is 7.43. The number of piperazine rings is 1. The van der Waals surface area contributed by atoms with Crippen molar-refractivity contribution in [3.63, 3.8) is 0 Å². The number of nitrogens with zero attached hydrogens (tertiary/aromatic N) is 2. The molecule has 1 unspecified atom stereocenters. The van der Waals surface area contributed by atoms with Gasteiger partial charge < -0.3 is 15.4 Å². The zero-order valence-corrected chi connectivity index (χ0v) is 16.4. The maximum Gasteiger partial charge on any atom is 0.239 e.